The van der Waals surface area contributed by atoms with Crippen molar-refractivity contribution in [3.05, 3.63) is 64.8 Å². The first-order valence-electron chi connectivity index (χ1n) is 10.1. The first kappa shape index (κ1) is 21.2. The molecule has 31 heavy (non-hydrogen) atoms. The maximum absolute atomic E-state index is 11.3. The SMILES string of the molecule is Cc1cnc(Nc2c(CN3CCOCC3)ccnc2-c2ccccc2C=CC(N)=O)s1. The van der Waals surface area contributed by atoms with Crippen molar-refractivity contribution in [3.8, 4) is 11.3 Å². The second kappa shape index (κ2) is 9.82. The van der Waals surface area contributed by atoms with E-state index in [2.05, 4.69) is 15.2 Å². The molecule has 3 N–H and O–H groups in total. The molecule has 4 rings (SSSR count). The molecule has 3 aromatic rings. The molecule has 1 aliphatic heterocycles. The van der Waals surface area contributed by atoms with Gasteiger partial charge in [0.25, 0.3) is 0 Å². The van der Waals surface area contributed by atoms with E-state index in [-0.39, 0.29) is 0 Å². The summed E-state index contributed by atoms with van der Waals surface area (Å²) in [7, 11) is 0. The number of carbonyl (C=O) groups excluding carboxylic acids is 1. The third-order valence-corrected chi connectivity index (χ3v) is 5.86. The smallest absolute Gasteiger partial charge is 0.241 e. The molecule has 7 nitrogen and oxygen atoms in total. The summed E-state index contributed by atoms with van der Waals surface area (Å²) in [6, 6.07) is 9.88. The number of morpholine rings is 1. The van der Waals surface area contributed by atoms with Crippen LogP contribution in [0.15, 0.2) is 48.8 Å². The van der Waals surface area contributed by atoms with Gasteiger partial charge in [0.15, 0.2) is 5.13 Å². The van der Waals surface area contributed by atoms with Gasteiger partial charge >= 0.3 is 0 Å². The number of carbonyl (C=O) groups is 1. The van der Waals surface area contributed by atoms with Crippen molar-refractivity contribution in [1.82, 2.24) is 14.9 Å². The molecular formula is C23H25N5O2S. The topological polar surface area (TPSA) is 93.4 Å². The molecule has 160 valence electrons. The predicted octanol–water partition coefficient (Wildman–Crippen LogP) is 3.59. The summed E-state index contributed by atoms with van der Waals surface area (Å²) in [6.45, 7) is 6.09. The van der Waals surface area contributed by atoms with Gasteiger partial charge in [0.1, 0.15) is 0 Å². The van der Waals surface area contributed by atoms with Crippen LogP contribution in [0.25, 0.3) is 17.3 Å². The van der Waals surface area contributed by atoms with Gasteiger partial charge in [-0.15, -0.1) is 11.3 Å². The number of nitrogens with zero attached hydrogens (tertiary/aromatic N) is 3. The fourth-order valence-electron chi connectivity index (χ4n) is 3.53. The lowest BCUT2D eigenvalue weighted by molar-refractivity contribution is -0.113. The summed E-state index contributed by atoms with van der Waals surface area (Å²) in [5.41, 5.74) is 9.96. The van der Waals surface area contributed by atoms with Crippen molar-refractivity contribution in [2.24, 2.45) is 5.73 Å². The van der Waals surface area contributed by atoms with Crippen LogP contribution in [-0.4, -0.2) is 47.1 Å². The Bertz CT molecular complexity index is 1090. The maximum Gasteiger partial charge on any atom is 0.241 e. The highest BCUT2D eigenvalue weighted by Crippen LogP contribution is 2.35. The first-order chi connectivity index (χ1) is 15.1. The molecular weight excluding hydrogens is 410 g/mol. The van der Waals surface area contributed by atoms with Gasteiger partial charge < -0.3 is 15.8 Å². The summed E-state index contributed by atoms with van der Waals surface area (Å²) < 4.78 is 5.50. The van der Waals surface area contributed by atoms with E-state index in [4.69, 9.17) is 15.5 Å². The van der Waals surface area contributed by atoms with E-state index in [9.17, 15) is 4.79 Å². The number of rotatable bonds is 7. The minimum atomic E-state index is -0.486. The predicted molar refractivity (Wildman–Crippen MR) is 124 cm³/mol. The fourth-order valence-corrected chi connectivity index (χ4v) is 4.20. The normalized spacial score (nSPS) is 14.7. The third kappa shape index (κ3) is 5.35. The van der Waals surface area contributed by atoms with Crippen molar-refractivity contribution in [1.29, 1.82) is 0 Å². The van der Waals surface area contributed by atoms with E-state index < -0.39 is 5.91 Å². The number of anilines is 2. The Balaban J connectivity index is 1.78. The molecule has 0 radical (unpaired) electrons. The first-order valence-corrected chi connectivity index (χ1v) is 11.0. The zero-order valence-electron chi connectivity index (χ0n) is 17.4. The number of pyridine rings is 1. The largest absolute Gasteiger partial charge is 0.379 e. The molecule has 1 aromatic carbocycles. The Kier molecular flexibility index (Phi) is 6.71. The van der Waals surface area contributed by atoms with Gasteiger partial charge in [-0.05, 0) is 30.2 Å². The van der Waals surface area contributed by atoms with Crippen LogP contribution in [-0.2, 0) is 16.1 Å². The number of amides is 1. The second-order valence-corrected chi connectivity index (χ2v) is 8.54. The summed E-state index contributed by atoms with van der Waals surface area (Å²) in [6.07, 6.45) is 6.78. The molecule has 0 unspecified atom stereocenters. The summed E-state index contributed by atoms with van der Waals surface area (Å²) in [5.74, 6) is -0.486. The molecule has 1 aliphatic rings. The van der Waals surface area contributed by atoms with Gasteiger partial charge in [-0.3, -0.25) is 14.7 Å². The molecule has 0 saturated carbocycles. The Morgan fingerprint density at radius 1 is 1.26 bits per heavy atom. The van der Waals surface area contributed by atoms with Gasteiger partial charge in [0.05, 0.1) is 24.6 Å². The minimum Gasteiger partial charge on any atom is -0.379 e. The number of aromatic nitrogens is 2. The number of ether oxygens (including phenoxy) is 1. The van der Waals surface area contributed by atoms with E-state index in [0.717, 1.165) is 70.9 Å². The van der Waals surface area contributed by atoms with Crippen LogP contribution in [0, 0.1) is 6.92 Å². The molecule has 1 fully saturated rings. The van der Waals surface area contributed by atoms with E-state index in [0.29, 0.717) is 0 Å². The third-order valence-electron chi connectivity index (χ3n) is 5.03. The van der Waals surface area contributed by atoms with Crippen molar-refractivity contribution in [3.63, 3.8) is 0 Å². The van der Waals surface area contributed by atoms with Gasteiger partial charge in [-0.25, -0.2) is 4.98 Å². The minimum absolute atomic E-state index is 0.486. The van der Waals surface area contributed by atoms with Gasteiger partial charge in [-0.2, -0.15) is 0 Å². The monoisotopic (exact) mass is 435 g/mol. The van der Waals surface area contributed by atoms with Crippen LogP contribution < -0.4 is 11.1 Å². The quantitative estimate of drug-likeness (QED) is 0.551. The van der Waals surface area contributed by atoms with Crippen molar-refractivity contribution in [2.75, 3.05) is 31.6 Å². The standard InChI is InChI=1S/C23H25N5O2S/c1-16-14-26-23(31-16)27-21-18(15-28-10-12-30-13-11-28)8-9-25-22(21)19-5-3-2-4-17(19)6-7-20(24)29/h2-9,14H,10-13,15H2,1H3,(H2,24,29)(H,26,27). The molecule has 0 aliphatic carbocycles. The molecule has 1 amide bonds. The number of hydrogen-bond donors (Lipinski definition) is 2. The zero-order chi connectivity index (χ0) is 21.6. The Hall–Kier alpha value is -3.07. The summed E-state index contributed by atoms with van der Waals surface area (Å²) in [4.78, 5) is 24.0. The maximum atomic E-state index is 11.3. The molecule has 2 aromatic heterocycles. The van der Waals surface area contributed by atoms with E-state index >= 15 is 0 Å². The highest BCUT2D eigenvalue weighted by atomic mass is 32.1. The van der Waals surface area contributed by atoms with Crippen LogP contribution in [0.5, 0.6) is 0 Å². The second-order valence-electron chi connectivity index (χ2n) is 7.31. The lowest BCUT2D eigenvalue weighted by Gasteiger charge is -2.28. The number of nitrogens with two attached hydrogens (primary N) is 1. The van der Waals surface area contributed by atoms with Crippen LogP contribution >= 0.6 is 11.3 Å². The lowest BCUT2D eigenvalue weighted by Crippen LogP contribution is -2.35. The average molecular weight is 436 g/mol. The van der Waals surface area contributed by atoms with Crippen LogP contribution in [0.3, 0.4) is 0 Å². The van der Waals surface area contributed by atoms with Crippen LogP contribution in [0.1, 0.15) is 16.0 Å². The molecule has 0 atom stereocenters. The van der Waals surface area contributed by atoms with Gasteiger partial charge in [0.2, 0.25) is 5.91 Å². The molecule has 0 bridgehead atoms. The number of thiazole rings is 1. The summed E-state index contributed by atoms with van der Waals surface area (Å²) in [5, 5.41) is 4.33. The van der Waals surface area contributed by atoms with E-state index in [1.807, 2.05) is 49.6 Å². The van der Waals surface area contributed by atoms with Crippen molar-refractivity contribution < 1.29 is 9.53 Å². The molecule has 3 heterocycles. The Labute approximate surface area is 185 Å². The Morgan fingerprint density at radius 2 is 2.06 bits per heavy atom. The van der Waals surface area contributed by atoms with Crippen LogP contribution in [0.2, 0.25) is 0 Å². The van der Waals surface area contributed by atoms with E-state index in [1.165, 1.54) is 6.08 Å². The average Bonchev–Trinajstić information content (AvgIpc) is 3.19. The molecule has 0 spiro atoms. The molecule has 1 saturated heterocycles. The van der Waals surface area contributed by atoms with Gasteiger partial charge in [0, 0.05) is 48.5 Å². The molecule has 8 heteroatoms. The van der Waals surface area contributed by atoms with Gasteiger partial charge in [-0.1, -0.05) is 24.3 Å². The zero-order valence-corrected chi connectivity index (χ0v) is 18.2. The number of nitrogens with one attached hydrogen (secondary N) is 1. The fraction of sp³-hybridized carbons (Fsp3) is 0.261. The highest BCUT2D eigenvalue weighted by molar-refractivity contribution is 7.15. The van der Waals surface area contributed by atoms with E-state index in [1.54, 1.807) is 17.4 Å². The van der Waals surface area contributed by atoms with Crippen molar-refractivity contribution >= 4 is 34.1 Å². The summed E-state index contributed by atoms with van der Waals surface area (Å²) >= 11 is 1.60. The van der Waals surface area contributed by atoms with Crippen molar-refractivity contribution in [2.45, 2.75) is 13.5 Å². The number of primary amides is 1. The lowest BCUT2D eigenvalue weighted by atomic mass is 10.00. The highest BCUT2D eigenvalue weighted by Gasteiger charge is 2.18. The number of hydrogen-bond acceptors (Lipinski definition) is 7. The number of benzene rings is 1. The van der Waals surface area contributed by atoms with Crippen LogP contribution in [0.4, 0.5) is 10.8 Å². The Morgan fingerprint density at radius 3 is 2.81 bits per heavy atom. The number of aryl methyl sites for hydroxylation is 1.